The number of carbonyl (C=O) groups is 2. The molecule has 1 aliphatic rings. The second-order valence-corrected chi connectivity index (χ2v) is 9.84. The number of benzene rings is 2. The van der Waals surface area contributed by atoms with Crippen molar-refractivity contribution in [1.82, 2.24) is 9.47 Å². The highest BCUT2D eigenvalue weighted by Gasteiger charge is 2.31. The van der Waals surface area contributed by atoms with Crippen LogP contribution in [0.25, 0.3) is 10.9 Å². The van der Waals surface area contributed by atoms with Crippen molar-refractivity contribution in [1.29, 1.82) is 0 Å². The molecule has 0 aliphatic carbocycles. The molecule has 1 aromatic heterocycles. The molecule has 0 unspecified atom stereocenters. The van der Waals surface area contributed by atoms with E-state index < -0.39 is 6.36 Å². The fourth-order valence-electron chi connectivity index (χ4n) is 5.32. The number of ketones is 1. The number of aromatic nitrogens is 1. The minimum atomic E-state index is -4.74. The third-order valence-corrected chi connectivity index (χ3v) is 7.13. The second-order valence-electron chi connectivity index (χ2n) is 9.84. The summed E-state index contributed by atoms with van der Waals surface area (Å²) in [4.78, 5) is 26.7. The maximum absolute atomic E-state index is 13.4. The summed E-state index contributed by atoms with van der Waals surface area (Å²) in [5.74, 6) is 0.291. The van der Waals surface area contributed by atoms with Crippen molar-refractivity contribution >= 4 is 22.6 Å². The number of hydrogen-bond acceptors (Lipinski definition) is 3. The standard InChI is InChI=1S/C28H31F3N2O3/c1-17-5-6-24(27(35)32-10-7-21(8-11-32)14-19(3)34)20(4)25(17)16-33-12-9-22-15-23(36-28(29,30)31)13-18(2)26(22)33/h5-6,9,12-13,15,21H,7-8,10-11,14,16H2,1-4H3. The van der Waals surface area contributed by atoms with Crippen LogP contribution in [0.3, 0.4) is 0 Å². The van der Waals surface area contributed by atoms with Gasteiger partial charge in [-0.2, -0.15) is 0 Å². The van der Waals surface area contributed by atoms with Crippen molar-refractivity contribution in [3.63, 3.8) is 0 Å². The number of carbonyl (C=O) groups excluding carboxylic acids is 2. The zero-order valence-electron chi connectivity index (χ0n) is 21.0. The van der Waals surface area contributed by atoms with Gasteiger partial charge in [0.2, 0.25) is 0 Å². The average molecular weight is 501 g/mol. The lowest BCUT2D eigenvalue weighted by molar-refractivity contribution is -0.274. The number of ether oxygens (including phenoxy) is 1. The lowest BCUT2D eigenvalue weighted by Crippen LogP contribution is -2.39. The number of amides is 1. The molecule has 0 bridgehead atoms. The number of aryl methyl sites for hydroxylation is 2. The highest BCUT2D eigenvalue weighted by atomic mass is 19.4. The summed E-state index contributed by atoms with van der Waals surface area (Å²) >= 11 is 0. The van der Waals surface area contributed by atoms with Gasteiger partial charge in [0.25, 0.3) is 5.91 Å². The van der Waals surface area contributed by atoms with E-state index in [0.717, 1.165) is 35.0 Å². The Morgan fingerprint density at radius 1 is 1.03 bits per heavy atom. The molecule has 0 N–H and O–H groups in total. The third-order valence-electron chi connectivity index (χ3n) is 7.13. The van der Waals surface area contributed by atoms with Gasteiger partial charge < -0.3 is 19.0 Å². The number of alkyl halides is 3. The van der Waals surface area contributed by atoms with E-state index in [1.54, 1.807) is 19.9 Å². The van der Waals surface area contributed by atoms with E-state index >= 15 is 0 Å². The van der Waals surface area contributed by atoms with Crippen LogP contribution in [0, 0.1) is 26.7 Å². The topological polar surface area (TPSA) is 51.5 Å². The van der Waals surface area contributed by atoms with E-state index in [2.05, 4.69) is 4.74 Å². The minimum Gasteiger partial charge on any atom is -0.406 e. The lowest BCUT2D eigenvalue weighted by Gasteiger charge is -2.32. The van der Waals surface area contributed by atoms with Crippen LogP contribution in [-0.4, -0.2) is 40.6 Å². The van der Waals surface area contributed by atoms with E-state index in [9.17, 15) is 22.8 Å². The first kappa shape index (κ1) is 25.8. The summed E-state index contributed by atoms with van der Waals surface area (Å²) in [7, 11) is 0. The summed E-state index contributed by atoms with van der Waals surface area (Å²) < 4.78 is 44.2. The van der Waals surface area contributed by atoms with Crippen molar-refractivity contribution in [3.8, 4) is 5.75 Å². The summed E-state index contributed by atoms with van der Waals surface area (Å²) in [5, 5.41) is 0.658. The average Bonchev–Trinajstić information content (AvgIpc) is 3.18. The van der Waals surface area contributed by atoms with Gasteiger partial charge in [0.1, 0.15) is 11.5 Å². The van der Waals surface area contributed by atoms with E-state index in [1.165, 1.54) is 12.1 Å². The molecule has 1 fully saturated rings. The molecule has 0 atom stereocenters. The van der Waals surface area contributed by atoms with E-state index in [-0.39, 0.29) is 17.4 Å². The fourth-order valence-corrected chi connectivity index (χ4v) is 5.32. The highest BCUT2D eigenvalue weighted by Crippen LogP contribution is 2.31. The molecule has 3 aromatic rings. The third kappa shape index (κ3) is 5.58. The molecule has 4 rings (SSSR count). The van der Waals surface area contributed by atoms with E-state index in [4.69, 9.17) is 0 Å². The molecule has 36 heavy (non-hydrogen) atoms. The molecule has 2 aromatic carbocycles. The predicted octanol–water partition coefficient (Wildman–Crippen LogP) is 6.34. The number of Topliss-reactive ketones (excluding diaryl/α,β-unsaturated/α-hetero) is 1. The molecule has 0 radical (unpaired) electrons. The van der Waals surface area contributed by atoms with Crippen molar-refractivity contribution < 1.29 is 27.5 Å². The Hall–Kier alpha value is -3.29. The molecule has 0 saturated carbocycles. The molecule has 1 aliphatic heterocycles. The van der Waals surface area contributed by atoms with Crippen LogP contribution in [0.4, 0.5) is 13.2 Å². The predicted molar refractivity (Wildman–Crippen MR) is 132 cm³/mol. The van der Waals surface area contributed by atoms with Crippen LogP contribution in [0.15, 0.2) is 36.5 Å². The van der Waals surface area contributed by atoms with Crippen molar-refractivity contribution in [2.24, 2.45) is 5.92 Å². The largest absolute Gasteiger partial charge is 0.573 e. The number of halogens is 3. The molecule has 1 amide bonds. The van der Waals surface area contributed by atoms with Crippen LogP contribution >= 0.6 is 0 Å². The number of fused-ring (bicyclic) bond motifs is 1. The Bertz CT molecular complexity index is 1300. The number of piperidine rings is 1. The molecule has 8 heteroatoms. The van der Waals surface area contributed by atoms with Crippen LogP contribution < -0.4 is 4.74 Å². The summed E-state index contributed by atoms with van der Waals surface area (Å²) in [6, 6.07) is 8.38. The van der Waals surface area contributed by atoms with Gasteiger partial charge >= 0.3 is 6.36 Å². The highest BCUT2D eigenvalue weighted by molar-refractivity contribution is 5.96. The van der Waals surface area contributed by atoms with Gasteiger partial charge in [-0.1, -0.05) is 6.07 Å². The maximum atomic E-state index is 13.4. The van der Waals surface area contributed by atoms with Crippen LogP contribution in [0.1, 0.15) is 58.8 Å². The van der Waals surface area contributed by atoms with Gasteiger partial charge in [0, 0.05) is 43.2 Å². The summed E-state index contributed by atoms with van der Waals surface area (Å²) in [5.41, 5.74) is 5.12. The summed E-state index contributed by atoms with van der Waals surface area (Å²) in [6.07, 6.45) is -0.659. The Labute approximate surface area is 208 Å². The number of likely N-dealkylation sites (tertiary alicyclic amines) is 1. The number of hydrogen-bond donors (Lipinski definition) is 0. The number of nitrogens with zero attached hydrogens (tertiary/aromatic N) is 2. The molecular weight excluding hydrogens is 469 g/mol. The first-order valence-electron chi connectivity index (χ1n) is 12.2. The first-order chi connectivity index (χ1) is 16.9. The Balaban J connectivity index is 1.58. The second kappa shape index (κ2) is 9.99. The van der Waals surface area contributed by atoms with Crippen LogP contribution in [0.2, 0.25) is 0 Å². The molecule has 1 saturated heterocycles. The molecule has 192 valence electrons. The molecular formula is C28H31F3N2O3. The van der Waals surface area contributed by atoms with E-state index in [0.29, 0.717) is 48.5 Å². The van der Waals surface area contributed by atoms with Gasteiger partial charge in [-0.25, -0.2) is 0 Å². The SMILES string of the molecule is CC(=O)CC1CCN(C(=O)c2ccc(C)c(Cn3ccc4cc(OC(F)(F)F)cc(C)c43)c2C)CC1. The Morgan fingerprint density at radius 2 is 1.72 bits per heavy atom. The first-order valence-corrected chi connectivity index (χ1v) is 12.2. The Kier molecular flexibility index (Phi) is 7.16. The zero-order valence-corrected chi connectivity index (χ0v) is 21.0. The Morgan fingerprint density at radius 3 is 2.36 bits per heavy atom. The quantitative estimate of drug-likeness (QED) is 0.397. The van der Waals surface area contributed by atoms with Crippen LogP contribution in [0.5, 0.6) is 5.75 Å². The van der Waals surface area contributed by atoms with Gasteiger partial charge in [0.05, 0.1) is 5.52 Å². The van der Waals surface area contributed by atoms with Crippen molar-refractivity contribution in [3.05, 3.63) is 64.3 Å². The van der Waals surface area contributed by atoms with Gasteiger partial charge in [-0.3, -0.25) is 4.79 Å². The van der Waals surface area contributed by atoms with Crippen molar-refractivity contribution in [2.75, 3.05) is 13.1 Å². The van der Waals surface area contributed by atoms with Gasteiger partial charge in [-0.05, 0) is 93.0 Å². The molecule has 2 heterocycles. The van der Waals surface area contributed by atoms with E-state index in [1.807, 2.05) is 41.6 Å². The fraction of sp³-hybridized carbons (Fsp3) is 0.429. The molecule has 5 nitrogen and oxygen atoms in total. The van der Waals surface area contributed by atoms with Crippen LogP contribution in [-0.2, 0) is 11.3 Å². The minimum absolute atomic E-state index is 0.00230. The monoisotopic (exact) mass is 500 g/mol. The van der Waals surface area contributed by atoms with Gasteiger partial charge in [-0.15, -0.1) is 13.2 Å². The normalized spacial score (nSPS) is 14.9. The number of rotatable bonds is 6. The smallest absolute Gasteiger partial charge is 0.406 e. The lowest BCUT2D eigenvalue weighted by atomic mass is 9.91. The zero-order chi connectivity index (χ0) is 26.2. The van der Waals surface area contributed by atoms with Crippen molar-refractivity contribution in [2.45, 2.75) is 59.9 Å². The maximum Gasteiger partial charge on any atom is 0.573 e. The molecule has 0 spiro atoms. The summed E-state index contributed by atoms with van der Waals surface area (Å²) in [6.45, 7) is 9.09. The van der Waals surface area contributed by atoms with Gasteiger partial charge in [0.15, 0.2) is 0 Å².